The minimum absolute atomic E-state index is 0.00546. The molecule has 0 aliphatic heterocycles. The Morgan fingerprint density at radius 3 is 2.59 bits per heavy atom. The zero-order valence-electron chi connectivity index (χ0n) is 16.5. The van der Waals surface area contributed by atoms with E-state index in [0.29, 0.717) is 35.3 Å². The molecule has 1 aromatic carbocycles. The van der Waals surface area contributed by atoms with Gasteiger partial charge in [-0.1, -0.05) is 17.8 Å². The molecule has 0 unspecified atom stereocenters. The SMILES string of the molecule is CNC(=O)Cc1cc(=O)[nH]c(SCC(=O)NCCc2ccc(OC)c(OC)c2)n1. The number of likely N-dealkylation sites (N-methyl/N-ethyl adjacent to an activating group) is 1. The summed E-state index contributed by atoms with van der Waals surface area (Å²) in [6, 6.07) is 6.86. The second-order valence-corrected chi connectivity index (χ2v) is 6.93. The molecule has 156 valence electrons. The van der Waals surface area contributed by atoms with Crippen LogP contribution in [-0.2, 0) is 22.4 Å². The topological polar surface area (TPSA) is 122 Å². The fourth-order valence-corrected chi connectivity index (χ4v) is 3.19. The summed E-state index contributed by atoms with van der Waals surface area (Å²) in [4.78, 5) is 41.9. The van der Waals surface area contributed by atoms with Crippen LogP contribution < -0.4 is 25.7 Å². The lowest BCUT2D eigenvalue weighted by Gasteiger charge is -2.10. The van der Waals surface area contributed by atoms with Crippen LogP contribution in [-0.4, -0.2) is 55.3 Å². The molecule has 10 heteroatoms. The summed E-state index contributed by atoms with van der Waals surface area (Å²) < 4.78 is 10.5. The summed E-state index contributed by atoms with van der Waals surface area (Å²) in [5.74, 6) is 0.954. The second kappa shape index (κ2) is 11.1. The Kier molecular flexibility index (Phi) is 8.53. The van der Waals surface area contributed by atoms with Crippen molar-refractivity contribution in [3.8, 4) is 11.5 Å². The van der Waals surface area contributed by atoms with Gasteiger partial charge < -0.3 is 25.1 Å². The Labute approximate surface area is 172 Å². The predicted octanol–water partition coefficient (Wildman–Crippen LogP) is 0.527. The van der Waals surface area contributed by atoms with Gasteiger partial charge in [-0.15, -0.1) is 0 Å². The van der Waals surface area contributed by atoms with Crippen LogP contribution in [0, 0.1) is 0 Å². The van der Waals surface area contributed by atoms with Crippen molar-refractivity contribution in [3.05, 3.63) is 45.9 Å². The molecule has 9 nitrogen and oxygen atoms in total. The summed E-state index contributed by atoms with van der Waals surface area (Å²) in [6.45, 7) is 0.454. The summed E-state index contributed by atoms with van der Waals surface area (Å²) in [7, 11) is 4.66. The highest BCUT2D eigenvalue weighted by molar-refractivity contribution is 7.99. The fourth-order valence-electron chi connectivity index (χ4n) is 2.46. The van der Waals surface area contributed by atoms with Gasteiger partial charge in [0, 0.05) is 19.7 Å². The lowest BCUT2D eigenvalue weighted by atomic mass is 10.1. The molecule has 29 heavy (non-hydrogen) atoms. The number of H-pyrrole nitrogens is 1. The van der Waals surface area contributed by atoms with Gasteiger partial charge in [0.1, 0.15) is 0 Å². The van der Waals surface area contributed by atoms with Crippen molar-refractivity contribution in [2.45, 2.75) is 18.0 Å². The Morgan fingerprint density at radius 1 is 1.14 bits per heavy atom. The number of hydrogen-bond donors (Lipinski definition) is 3. The number of aromatic amines is 1. The van der Waals surface area contributed by atoms with Crippen molar-refractivity contribution in [1.29, 1.82) is 0 Å². The smallest absolute Gasteiger partial charge is 0.251 e. The highest BCUT2D eigenvalue weighted by Crippen LogP contribution is 2.27. The Morgan fingerprint density at radius 2 is 1.90 bits per heavy atom. The van der Waals surface area contributed by atoms with Gasteiger partial charge in [0.05, 0.1) is 32.1 Å². The number of hydrogen-bond acceptors (Lipinski definition) is 7. The standard InChI is InChI=1S/C19H24N4O5S/c1-20-16(24)9-13-10-17(25)23-19(22-13)29-11-18(26)21-7-6-12-4-5-14(27-2)15(8-12)28-3/h4-5,8,10H,6-7,9,11H2,1-3H3,(H,20,24)(H,21,26)(H,22,23,25). The maximum Gasteiger partial charge on any atom is 0.251 e. The maximum atomic E-state index is 12.1. The highest BCUT2D eigenvalue weighted by atomic mass is 32.2. The molecule has 0 bridgehead atoms. The third-order valence-corrected chi connectivity index (χ3v) is 4.79. The van der Waals surface area contributed by atoms with Crippen LogP contribution in [0.2, 0.25) is 0 Å². The van der Waals surface area contributed by atoms with Crippen molar-refractivity contribution in [2.24, 2.45) is 0 Å². The van der Waals surface area contributed by atoms with E-state index < -0.39 is 0 Å². The first kappa shape index (κ1) is 22.3. The van der Waals surface area contributed by atoms with Gasteiger partial charge in [-0.05, 0) is 24.1 Å². The number of carbonyl (C=O) groups excluding carboxylic acids is 2. The van der Waals surface area contributed by atoms with Gasteiger partial charge in [-0.25, -0.2) is 4.98 Å². The highest BCUT2D eigenvalue weighted by Gasteiger charge is 2.09. The van der Waals surface area contributed by atoms with Crippen molar-refractivity contribution in [3.63, 3.8) is 0 Å². The van der Waals surface area contributed by atoms with Crippen molar-refractivity contribution in [2.75, 3.05) is 33.6 Å². The Hall–Kier alpha value is -3.01. The van der Waals surface area contributed by atoms with E-state index in [1.165, 1.54) is 13.1 Å². The molecule has 2 aromatic rings. The van der Waals surface area contributed by atoms with Crippen LogP contribution in [0.3, 0.4) is 0 Å². The van der Waals surface area contributed by atoms with E-state index in [4.69, 9.17) is 9.47 Å². The van der Waals surface area contributed by atoms with Crippen LogP contribution >= 0.6 is 11.8 Å². The minimum atomic E-state index is -0.365. The second-order valence-electron chi connectivity index (χ2n) is 5.97. The number of carbonyl (C=O) groups is 2. The number of nitrogens with zero attached hydrogens (tertiary/aromatic N) is 1. The third kappa shape index (κ3) is 7.15. The van der Waals surface area contributed by atoms with E-state index in [2.05, 4.69) is 20.6 Å². The van der Waals surface area contributed by atoms with Crippen molar-refractivity contribution >= 4 is 23.6 Å². The van der Waals surface area contributed by atoms with Gasteiger partial charge in [-0.3, -0.25) is 14.4 Å². The molecule has 1 aromatic heterocycles. The zero-order chi connectivity index (χ0) is 21.2. The average molecular weight is 420 g/mol. The van der Waals surface area contributed by atoms with Crippen LogP contribution in [0.5, 0.6) is 11.5 Å². The Bertz CT molecular complexity index is 916. The number of methoxy groups -OCH3 is 2. The average Bonchev–Trinajstić information content (AvgIpc) is 2.71. The van der Waals surface area contributed by atoms with E-state index >= 15 is 0 Å². The van der Waals surface area contributed by atoms with E-state index in [9.17, 15) is 14.4 Å². The van der Waals surface area contributed by atoms with Gasteiger partial charge in [-0.2, -0.15) is 0 Å². The summed E-state index contributed by atoms with van der Waals surface area (Å²) in [5, 5.41) is 5.60. The lowest BCUT2D eigenvalue weighted by molar-refractivity contribution is -0.120. The quantitative estimate of drug-likeness (QED) is 0.378. The molecule has 2 rings (SSSR count). The number of amides is 2. The number of ether oxygens (including phenoxy) is 2. The van der Waals surface area contributed by atoms with Crippen LogP contribution in [0.1, 0.15) is 11.3 Å². The molecule has 0 spiro atoms. The van der Waals surface area contributed by atoms with Crippen LogP contribution in [0.25, 0.3) is 0 Å². The molecule has 1 heterocycles. The zero-order valence-corrected chi connectivity index (χ0v) is 17.4. The summed E-state index contributed by atoms with van der Waals surface area (Å²) >= 11 is 1.10. The normalized spacial score (nSPS) is 10.3. The molecule has 2 amide bonds. The van der Waals surface area contributed by atoms with Gasteiger partial charge in [0.2, 0.25) is 11.8 Å². The molecular formula is C19H24N4O5S. The maximum absolute atomic E-state index is 12.1. The molecule has 0 aliphatic rings. The molecule has 0 aliphatic carbocycles. The van der Waals surface area contributed by atoms with Gasteiger partial charge in [0.25, 0.3) is 5.56 Å². The first-order chi connectivity index (χ1) is 13.9. The number of benzene rings is 1. The monoisotopic (exact) mass is 420 g/mol. The lowest BCUT2D eigenvalue weighted by Crippen LogP contribution is -2.27. The number of aromatic nitrogens is 2. The molecule has 0 radical (unpaired) electrons. The molecule has 0 saturated heterocycles. The third-order valence-electron chi connectivity index (χ3n) is 3.92. The van der Waals surface area contributed by atoms with E-state index in [1.807, 2.05) is 18.2 Å². The van der Waals surface area contributed by atoms with E-state index in [0.717, 1.165) is 17.3 Å². The molecular weight excluding hydrogens is 396 g/mol. The van der Waals surface area contributed by atoms with Crippen LogP contribution in [0.15, 0.2) is 34.2 Å². The predicted molar refractivity (Wildman–Crippen MR) is 110 cm³/mol. The number of thioether (sulfide) groups is 1. The number of nitrogens with one attached hydrogen (secondary N) is 3. The summed E-state index contributed by atoms with van der Waals surface area (Å²) in [5.41, 5.74) is 0.989. The Balaban J connectivity index is 1.83. The molecule has 3 N–H and O–H groups in total. The molecule has 0 fully saturated rings. The molecule has 0 saturated carbocycles. The first-order valence-corrected chi connectivity index (χ1v) is 9.85. The summed E-state index contributed by atoms with van der Waals surface area (Å²) in [6.07, 6.45) is 0.638. The number of rotatable bonds is 10. The minimum Gasteiger partial charge on any atom is -0.493 e. The van der Waals surface area contributed by atoms with Gasteiger partial charge in [0.15, 0.2) is 16.7 Å². The fraction of sp³-hybridized carbons (Fsp3) is 0.368. The first-order valence-electron chi connectivity index (χ1n) is 8.86. The van der Waals surface area contributed by atoms with E-state index in [-0.39, 0.29) is 29.5 Å². The largest absolute Gasteiger partial charge is 0.493 e. The molecule has 0 atom stereocenters. The van der Waals surface area contributed by atoms with Crippen molar-refractivity contribution < 1.29 is 19.1 Å². The van der Waals surface area contributed by atoms with Crippen molar-refractivity contribution in [1.82, 2.24) is 20.6 Å². The van der Waals surface area contributed by atoms with Crippen LogP contribution in [0.4, 0.5) is 0 Å². The van der Waals surface area contributed by atoms with Gasteiger partial charge >= 0.3 is 0 Å². The van der Waals surface area contributed by atoms with E-state index in [1.54, 1.807) is 14.2 Å².